The number of carbonyl (C=O) groups excluding carboxylic acids is 1. The third kappa shape index (κ3) is 2.35. The van der Waals surface area contributed by atoms with Gasteiger partial charge in [0.05, 0.1) is 5.54 Å². The Morgan fingerprint density at radius 3 is 2.70 bits per heavy atom. The lowest BCUT2D eigenvalue weighted by Crippen LogP contribution is -2.63. The van der Waals surface area contributed by atoms with Crippen LogP contribution in [-0.2, 0) is 10.3 Å². The smallest absolute Gasteiger partial charge is 0.217 e. The van der Waals surface area contributed by atoms with Crippen LogP contribution >= 0.6 is 0 Å². The van der Waals surface area contributed by atoms with Gasteiger partial charge in [0.25, 0.3) is 0 Å². The monoisotopic (exact) mass is 272 g/mol. The maximum Gasteiger partial charge on any atom is 0.217 e. The van der Waals surface area contributed by atoms with Gasteiger partial charge in [-0.3, -0.25) is 9.69 Å². The number of fused-ring (bicyclic) bond motifs is 1. The first-order chi connectivity index (χ1) is 9.72. The lowest BCUT2D eigenvalue weighted by atomic mass is 9.72. The van der Waals surface area contributed by atoms with Gasteiger partial charge in [0.15, 0.2) is 0 Å². The van der Waals surface area contributed by atoms with E-state index in [0.717, 1.165) is 12.8 Å². The van der Waals surface area contributed by atoms with Crippen molar-refractivity contribution in [1.82, 2.24) is 10.2 Å². The third-order valence-corrected chi connectivity index (χ3v) is 4.89. The summed E-state index contributed by atoms with van der Waals surface area (Å²) in [6.45, 7) is 4.00. The van der Waals surface area contributed by atoms with Crippen LogP contribution in [0.5, 0.6) is 0 Å². The van der Waals surface area contributed by atoms with E-state index in [4.69, 9.17) is 0 Å². The summed E-state index contributed by atoms with van der Waals surface area (Å²) in [7, 11) is 0. The Morgan fingerprint density at radius 1 is 1.20 bits per heavy atom. The Balaban J connectivity index is 2.02. The fraction of sp³-hybridized carbons (Fsp3) is 0.588. The molecule has 3 heteroatoms. The van der Waals surface area contributed by atoms with Gasteiger partial charge in [-0.25, -0.2) is 0 Å². The van der Waals surface area contributed by atoms with E-state index in [9.17, 15) is 4.79 Å². The molecule has 2 fully saturated rings. The number of nitrogens with one attached hydrogen (secondary N) is 1. The van der Waals surface area contributed by atoms with Crippen molar-refractivity contribution < 1.29 is 4.79 Å². The highest BCUT2D eigenvalue weighted by Crippen LogP contribution is 2.41. The van der Waals surface area contributed by atoms with Gasteiger partial charge in [0.1, 0.15) is 0 Å². The maximum atomic E-state index is 11.8. The highest BCUT2D eigenvalue weighted by molar-refractivity contribution is 5.74. The molecule has 2 aliphatic heterocycles. The molecule has 0 bridgehead atoms. The average molecular weight is 272 g/mol. The normalized spacial score (nSPS) is 30.6. The van der Waals surface area contributed by atoms with Gasteiger partial charge >= 0.3 is 0 Å². The molecule has 1 aromatic rings. The minimum Gasteiger partial charge on any atom is -0.345 e. The first-order valence-corrected chi connectivity index (χ1v) is 7.81. The van der Waals surface area contributed by atoms with E-state index in [-0.39, 0.29) is 11.4 Å². The molecule has 2 heterocycles. The van der Waals surface area contributed by atoms with Crippen LogP contribution in [-0.4, -0.2) is 29.9 Å². The molecule has 0 saturated carbocycles. The van der Waals surface area contributed by atoms with Gasteiger partial charge in [0, 0.05) is 13.0 Å². The fourth-order valence-electron chi connectivity index (χ4n) is 4.15. The molecule has 3 rings (SSSR count). The molecule has 2 saturated heterocycles. The molecular formula is C17H24N2O. The van der Waals surface area contributed by atoms with Crippen molar-refractivity contribution in [2.75, 3.05) is 13.1 Å². The number of hydrogen-bond acceptors (Lipinski definition) is 2. The Kier molecular flexibility index (Phi) is 3.79. The number of benzene rings is 1. The summed E-state index contributed by atoms with van der Waals surface area (Å²) in [5.74, 6) is 0.0845. The van der Waals surface area contributed by atoms with Gasteiger partial charge in [-0.1, -0.05) is 36.8 Å². The van der Waals surface area contributed by atoms with E-state index >= 15 is 0 Å². The van der Waals surface area contributed by atoms with Gasteiger partial charge in [-0.2, -0.15) is 0 Å². The molecule has 3 nitrogen and oxygen atoms in total. The number of hydrogen-bond donors (Lipinski definition) is 1. The van der Waals surface area contributed by atoms with Crippen LogP contribution in [0, 0.1) is 0 Å². The molecule has 0 spiro atoms. The summed E-state index contributed by atoms with van der Waals surface area (Å²) in [6.07, 6.45) is 5.97. The van der Waals surface area contributed by atoms with Crippen molar-refractivity contribution in [3.63, 3.8) is 0 Å². The number of piperidine rings is 2. The van der Waals surface area contributed by atoms with Gasteiger partial charge in [-0.15, -0.1) is 0 Å². The second-order valence-electron chi connectivity index (χ2n) is 6.17. The Hall–Kier alpha value is -1.35. The minimum atomic E-state index is -0.189. The zero-order valence-corrected chi connectivity index (χ0v) is 12.3. The zero-order valence-electron chi connectivity index (χ0n) is 12.3. The first-order valence-electron chi connectivity index (χ1n) is 7.81. The number of nitrogens with zero attached hydrogens (tertiary/aromatic N) is 1. The van der Waals surface area contributed by atoms with Crippen LogP contribution in [0.1, 0.15) is 44.6 Å². The lowest BCUT2D eigenvalue weighted by molar-refractivity contribution is -0.123. The summed E-state index contributed by atoms with van der Waals surface area (Å²) in [4.78, 5) is 14.4. The van der Waals surface area contributed by atoms with Gasteiger partial charge < -0.3 is 5.32 Å². The number of amides is 1. The van der Waals surface area contributed by atoms with E-state index in [1.807, 2.05) is 6.07 Å². The van der Waals surface area contributed by atoms with Crippen molar-refractivity contribution in [3.8, 4) is 0 Å². The molecule has 20 heavy (non-hydrogen) atoms. The van der Waals surface area contributed by atoms with Crippen LogP contribution in [0.15, 0.2) is 30.3 Å². The molecule has 2 aliphatic rings. The fourth-order valence-corrected chi connectivity index (χ4v) is 4.15. The van der Waals surface area contributed by atoms with Crippen molar-refractivity contribution in [3.05, 3.63) is 35.9 Å². The van der Waals surface area contributed by atoms with Gasteiger partial charge in [-0.05, 0) is 44.3 Å². The zero-order chi connectivity index (χ0) is 14.0. The standard InChI is InChI=1S/C17H24N2O/c1-14(20)18-17(15-8-3-2-4-9-15)11-7-13-19-12-6-5-10-16(17)19/h2-4,8-9,16H,5-7,10-13H2,1H3,(H,18,20). The van der Waals surface area contributed by atoms with Crippen LogP contribution in [0.4, 0.5) is 0 Å². The van der Waals surface area contributed by atoms with E-state index in [0.29, 0.717) is 6.04 Å². The molecule has 0 radical (unpaired) electrons. The van der Waals surface area contributed by atoms with Crippen molar-refractivity contribution in [2.24, 2.45) is 0 Å². The van der Waals surface area contributed by atoms with E-state index in [1.165, 1.54) is 37.9 Å². The molecule has 1 aromatic carbocycles. The molecule has 108 valence electrons. The molecule has 2 atom stereocenters. The average Bonchev–Trinajstić information content (AvgIpc) is 2.48. The summed E-state index contributed by atoms with van der Waals surface area (Å²) in [5.41, 5.74) is 1.08. The van der Waals surface area contributed by atoms with E-state index in [2.05, 4.69) is 34.5 Å². The Morgan fingerprint density at radius 2 is 1.95 bits per heavy atom. The molecule has 0 aromatic heterocycles. The Labute approximate surface area is 121 Å². The van der Waals surface area contributed by atoms with Crippen LogP contribution in [0.3, 0.4) is 0 Å². The third-order valence-electron chi connectivity index (χ3n) is 4.89. The lowest BCUT2D eigenvalue weighted by Gasteiger charge is -2.52. The van der Waals surface area contributed by atoms with Crippen LogP contribution < -0.4 is 5.32 Å². The van der Waals surface area contributed by atoms with E-state index in [1.54, 1.807) is 6.92 Å². The summed E-state index contributed by atoms with van der Waals surface area (Å²) in [5, 5.41) is 3.33. The highest BCUT2D eigenvalue weighted by atomic mass is 16.1. The quantitative estimate of drug-likeness (QED) is 0.897. The molecule has 0 aliphatic carbocycles. The summed E-state index contributed by atoms with van der Waals surface area (Å²) >= 11 is 0. The van der Waals surface area contributed by atoms with Crippen LogP contribution in [0.25, 0.3) is 0 Å². The van der Waals surface area contributed by atoms with Gasteiger partial charge in [0.2, 0.25) is 5.91 Å². The Bertz CT molecular complexity index is 471. The minimum absolute atomic E-state index is 0.0845. The van der Waals surface area contributed by atoms with E-state index < -0.39 is 0 Å². The van der Waals surface area contributed by atoms with Crippen molar-refractivity contribution in [2.45, 2.75) is 50.6 Å². The van der Waals surface area contributed by atoms with Crippen molar-refractivity contribution >= 4 is 5.91 Å². The number of rotatable bonds is 2. The number of carbonyl (C=O) groups is 1. The molecular weight excluding hydrogens is 248 g/mol. The SMILES string of the molecule is CC(=O)NC1(c2ccccc2)CCCN2CCCCC21. The van der Waals surface area contributed by atoms with Crippen LogP contribution in [0.2, 0.25) is 0 Å². The maximum absolute atomic E-state index is 11.8. The second-order valence-corrected chi connectivity index (χ2v) is 6.17. The predicted octanol–water partition coefficient (Wildman–Crippen LogP) is 2.67. The van der Waals surface area contributed by atoms with Crippen molar-refractivity contribution in [1.29, 1.82) is 0 Å². The molecule has 1 amide bonds. The molecule has 1 N–H and O–H groups in total. The predicted molar refractivity (Wildman–Crippen MR) is 80.4 cm³/mol. The molecule has 2 unspecified atom stereocenters. The largest absolute Gasteiger partial charge is 0.345 e. The first kappa shape index (κ1) is 13.6. The summed E-state index contributed by atoms with van der Waals surface area (Å²) in [6, 6.07) is 11.0. The summed E-state index contributed by atoms with van der Waals surface area (Å²) < 4.78 is 0. The second kappa shape index (κ2) is 5.57. The topological polar surface area (TPSA) is 32.3 Å². The highest BCUT2D eigenvalue weighted by Gasteiger charge is 2.46.